The summed E-state index contributed by atoms with van der Waals surface area (Å²) in [6.45, 7) is 8.22. The van der Waals surface area contributed by atoms with Crippen LogP contribution in [-0.4, -0.2) is 18.0 Å². The normalized spacial score (nSPS) is 16.9. The zero-order valence-electron chi connectivity index (χ0n) is 10.6. The topological polar surface area (TPSA) is 3.24 Å². The summed E-state index contributed by atoms with van der Waals surface area (Å²) in [6, 6.07) is 7.13. The molecule has 0 N–H and O–H groups in total. The van der Waals surface area contributed by atoms with Crippen LogP contribution in [0.5, 0.6) is 0 Å². The Morgan fingerprint density at radius 2 is 1.38 bits per heavy atom. The van der Waals surface area contributed by atoms with Crippen molar-refractivity contribution in [3.05, 3.63) is 34.9 Å². The van der Waals surface area contributed by atoms with E-state index in [-0.39, 0.29) is 0 Å². The Balaban J connectivity index is 2.12. The Morgan fingerprint density at radius 3 is 1.88 bits per heavy atom. The largest absolute Gasteiger partial charge is 0.299 e. The zero-order chi connectivity index (χ0) is 11.4. The first-order valence-corrected chi connectivity index (χ1v) is 6.66. The van der Waals surface area contributed by atoms with E-state index in [0.717, 1.165) is 19.4 Å². The quantitative estimate of drug-likeness (QED) is 0.747. The van der Waals surface area contributed by atoms with Crippen LogP contribution in [0.1, 0.15) is 43.4 Å². The standard InChI is InChI=1S/C15H23N/c1-3-13-9-14(4-2)11-15(10-13)12-16-7-5-6-8-16/h9-11H,3-8,12H2,1-2H3. The van der Waals surface area contributed by atoms with Crippen molar-refractivity contribution in [2.45, 2.75) is 46.1 Å². The second kappa shape index (κ2) is 5.49. The molecule has 0 aromatic heterocycles. The van der Waals surface area contributed by atoms with Crippen LogP contribution in [0.25, 0.3) is 0 Å². The first-order valence-electron chi connectivity index (χ1n) is 6.66. The van der Waals surface area contributed by atoms with E-state index < -0.39 is 0 Å². The number of hydrogen-bond acceptors (Lipinski definition) is 1. The van der Waals surface area contributed by atoms with Crippen molar-refractivity contribution in [3.63, 3.8) is 0 Å². The van der Waals surface area contributed by atoms with Crippen molar-refractivity contribution in [1.29, 1.82) is 0 Å². The van der Waals surface area contributed by atoms with Gasteiger partial charge in [0.25, 0.3) is 0 Å². The zero-order valence-corrected chi connectivity index (χ0v) is 10.6. The molecule has 0 radical (unpaired) electrons. The first-order chi connectivity index (χ1) is 7.81. The summed E-state index contributed by atoms with van der Waals surface area (Å²) < 4.78 is 0. The average Bonchev–Trinajstić information content (AvgIpc) is 2.81. The molecule has 0 spiro atoms. The van der Waals surface area contributed by atoms with Gasteiger partial charge >= 0.3 is 0 Å². The van der Waals surface area contributed by atoms with E-state index in [0.29, 0.717) is 0 Å². The maximum absolute atomic E-state index is 2.58. The summed E-state index contributed by atoms with van der Waals surface area (Å²) in [5, 5.41) is 0. The van der Waals surface area contributed by atoms with Crippen molar-refractivity contribution in [2.24, 2.45) is 0 Å². The van der Waals surface area contributed by atoms with Crippen LogP contribution >= 0.6 is 0 Å². The van der Waals surface area contributed by atoms with Gasteiger partial charge in [-0.25, -0.2) is 0 Å². The molecule has 0 aliphatic carbocycles. The lowest BCUT2D eigenvalue weighted by atomic mass is 10.0. The molecule has 1 aliphatic heterocycles. The Morgan fingerprint density at radius 1 is 0.875 bits per heavy atom. The van der Waals surface area contributed by atoms with Gasteiger partial charge in [-0.15, -0.1) is 0 Å². The van der Waals surface area contributed by atoms with E-state index in [9.17, 15) is 0 Å². The minimum Gasteiger partial charge on any atom is -0.299 e. The van der Waals surface area contributed by atoms with Crippen LogP contribution in [0.15, 0.2) is 18.2 Å². The van der Waals surface area contributed by atoms with E-state index >= 15 is 0 Å². The molecule has 1 aliphatic rings. The van der Waals surface area contributed by atoms with Crippen LogP contribution < -0.4 is 0 Å². The van der Waals surface area contributed by atoms with Gasteiger partial charge in [0.2, 0.25) is 0 Å². The number of benzene rings is 1. The van der Waals surface area contributed by atoms with Crippen molar-refractivity contribution in [1.82, 2.24) is 4.90 Å². The molecule has 1 aromatic rings. The summed E-state index contributed by atoms with van der Waals surface area (Å²) in [5.74, 6) is 0. The van der Waals surface area contributed by atoms with Crippen LogP contribution in [-0.2, 0) is 19.4 Å². The molecule has 16 heavy (non-hydrogen) atoms. The van der Waals surface area contributed by atoms with Gasteiger partial charge in [-0.3, -0.25) is 4.90 Å². The van der Waals surface area contributed by atoms with E-state index in [1.807, 2.05) is 0 Å². The lowest BCUT2D eigenvalue weighted by Crippen LogP contribution is -2.18. The summed E-state index contributed by atoms with van der Waals surface area (Å²) in [4.78, 5) is 2.58. The maximum Gasteiger partial charge on any atom is 0.0233 e. The van der Waals surface area contributed by atoms with E-state index in [2.05, 4.69) is 36.9 Å². The molecule has 1 heterocycles. The van der Waals surface area contributed by atoms with Crippen LogP contribution in [0.2, 0.25) is 0 Å². The monoisotopic (exact) mass is 217 g/mol. The minimum absolute atomic E-state index is 1.15. The summed E-state index contributed by atoms with van der Waals surface area (Å²) in [7, 11) is 0. The van der Waals surface area contributed by atoms with E-state index in [4.69, 9.17) is 0 Å². The fourth-order valence-electron chi connectivity index (χ4n) is 2.54. The number of rotatable bonds is 4. The highest BCUT2D eigenvalue weighted by Gasteiger charge is 2.12. The molecule has 0 saturated carbocycles. The lowest BCUT2D eigenvalue weighted by molar-refractivity contribution is 0.331. The molecule has 1 heteroatoms. The SMILES string of the molecule is CCc1cc(CC)cc(CN2CCCC2)c1. The maximum atomic E-state index is 2.58. The van der Waals surface area contributed by atoms with Crippen LogP contribution in [0, 0.1) is 0 Å². The van der Waals surface area contributed by atoms with Gasteiger partial charge in [0, 0.05) is 6.54 Å². The molecular weight excluding hydrogens is 194 g/mol. The highest BCUT2D eigenvalue weighted by molar-refractivity contribution is 5.30. The fraction of sp³-hybridized carbons (Fsp3) is 0.600. The average molecular weight is 217 g/mol. The van der Waals surface area contributed by atoms with Gasteiger partial charge in [0.1, 0.15) is 0 Å². The Hall–Kier alpha value is -0.820. The van der Waals surface area contributed by atoms with Crippen molar-refractivity contribution >= 4 is 0 Å². The van der Waals surface area contributed by atoms with Gasteiger partial charge in [-0.05, 0) is 55.5 Å². The predicted molar refractivity (Wildman–Crippen MR) is 69.7 cm³/mol. The van der Waals surface area contributed by atoms with Crippen molar-refractivity contribution < 1.29 is 0 Å². The highest BCUT2D eigenvalue weighted by Crippen LogP contribution is 2.16. The Bertz CT molecular complexity index is 315. The van der Waals surface area contributed by atoms with Crippen molar-refractivity contribution in [2.75, 3.05) is 13.1 Å². The number of aryl methyl sites for hydroxylation is 2. The molecule has 0 amide bonds. The molecule has 0 bridgehead atoms. The Labute approximate surface area is 99.5 Å². The second-order valence-corrected chi connectivity index (χ2v) is 4.85. The van der Waals surface area contributed by atoms with Gasteiger partial charge in [-0.2, -0.15) is 0 Å². The number of nitrogens with zero attached hydrogens (tertiary/aromatic N) is 1. The Kier molecular flexibility index (Phi) is 4.00. The molecule has 88 valence electrons. The summed E-state index contributed by atoms with van der Waals surface area (Å²) in [6.07, 6.45) is 5.07. The minimum atomic E-state index is 1.15. The van der Waals surface area contributed by atoms with Crippen LogP contribution in [0.3, 0.4) is 0 Å². The second-order valence-electron chi connectivity index (χ2n) is 4.85. The van der Waals surface area contributed by atoms with Crippen LogP contribution in [0.4, 0.5) is 0 Å². The van der Waals surface area contributed by atoms with E-state index in [1.54, 1.807) is 0 Å². The smallest absolute Gasteiger partial charge is 0.0233 e. The third kappa shape index (κ3) is 2.85. The molecule has 1 fully saturated rings. The lowest BCUT2D eigenvalue weighted by Gasteiger charge is -2.16. The van der Waals surface area contributed by atoms with Crippen molar-refractivity contribution in [3.8, 4) is 0 Å². The molecule has 1 aromatic carbocycles. The third-order valence-electron chi connectivity index (χ3n) is 3.53. The molecular formula is C15H23N. The predicted octanol–water partition coefficient (Wildman–Crippen LogP) is 3.41. The van der Waals surface area contributed by atoms with Gasteiger partial charge in [0.05, 0.1) is 0 Å². The molecule has 0 atom stereocenters. The van der Waals surface area contributed by atoms with E-state index in [1.165, 1.54) is 42.6 Å². The summed E-state index contributed by atoms with van der Waals surface area (Å²) >= 11 is 0. The highest BCUT2D eigenvalue weighted by atomic mass is 15.1. The summed E-state index contributed by atoms with van der Waals surface area (Å²) in [5.41, 5.74) is 4.50. The number of hydrogen-bond donors (Lipinski definition) is 0. The molecule has 1 saturated heterocycles. The molecule has 2 rings (SSSR count). The molecule has 0 unspecified atom stereocenters. The first kappa shape index (κ1) is 11.7. The third-order valence-corrected chi connectivity index (χ3v) is 3.53. The fourth-order valence-corrected chi connectivity index (χ4v) is 2.54. The van der Waals surface area contributed by atoms with Gasteiger partial charge in [-0.1, -0.05) is 32.0 Å². The van der Waals surface area contributed by atoms with Gasteiger partial charge in [0.15, 0.2) is 0 Å². The number of likely N-dealkylation sites (tertiary alicyclic amines) is 1. The van der Waals surface area contributed by atoms with Gasteiger partial charge < -0.3 is 0 Å². The molecule has 1 nitrogen and oxygen atoms in total.